The van der Waals surface area contributed by atoms with E-state index in [1.807, 2.05) is 0 Å². The number of hydrogen-bond donors (Lipinski definition) is 1. The van der Waals surface area contributed by atoms with Gasteiger partial charge in [0, 0.05) is 12.1 Å². The molecule has 0 aliphatic heterocycles. The number of likely N-dealkylation sites (N-methyl/N-ethyl adjacent to an activating group) is 1. The van der Waals surface area contributed by atoms with E-state index in [1.54, 1.807) is 0 Å². The van der Waals surface area contributed by atoms with Gasteiger partial charge >= 0.3 is 0 Å². The fourth-order valence-corrected chi connectivity index (χ4v) is 0.744. The minimum atomic E-state index is -0.227. The Balaban J connectivity index is 3.47. The lowest BCUT2D eigenvalue weighted by Crippen LogP contribution is -2.46. The molecule has 0 radical (unpaired) electrons. The summed E-state index contributed by atoms with van der Waals surface area (Å²) >= 11 is 0. The molecule has 0 atom stereocenters. The summed E-state index contributed by atoms with van der Waals surface area (Å²) in [6.45, 7) is 5.77. The lowest BCUT2D eigenvalue weighted by Gasteiger charge is -2.32. The molecule has 2 nitrogen and oxygen atoms in total. The number of nitrogens with zero attached hydrogens (tertiary/aromatic N) is 1. The van der Waals surface area contributed by atoms with E-state index < -0.39 is 0 Å². The molecule has 0 saturated carbocycles. The Bertz CT molecular complexity index is 113. The van der Waals surface area contributed by atoms with Crippen molar-refractivity contribution in [2.24, 2.45) is 0 Å². The van der Waals surface area contributed by atoms with Crippen LogP contribution in [0.15, 0.2) is 0 Å². The molecule has 0 aromatic carbocycles. The van der Waals surface area contributed by atoms with Crippen molar-refractivity contribution < 1.29 is 4.39 Å². The highest BCUT2D eigenvalue weighted by molar-refractivity contribution is 4.79. The van der Waals surface area contributed by atoms with E-state index in [0.29, 0.717) is 6.42 Å². The van der Waals surface area contributed by atoms with Gasteiger partial charge in [0.05, 0.1) is 6.67 Å². The van der Waals surface area contributed by atoms with Crippen LogP contribution in [-0.2, 0) is 0 Å². The monoisotopic (exact) mass is 176 g/mol. The smallest absolute Gasteiger partial charge is 0.0906 e. The highest BCUT2D eigenvalue weighted by Crippen LogP contribution is 2.07. The Kier molecular flexibility index (Phi) is 5.42. The maximum Gasteiger partial charge on any atom is 0.0906 e. The summed E-state index contributed by atoms with van der Waals surface area (Å²) < 4.78 is 11.7. The van der Waals surface area contributed by atoms with E-state index >= 15 is 0 Å². The van der Waals surface area contributed by atoms with Crippen LogP contribution in [0.25, 0.3) is 0 Å². The topological polar surface area (TPSA) is 15.3 Å². The fourth-order valence-electron chi connectivity index (χ4n) is 0.744. The molecule has 12 heavy (non-hydrogen) atoms. The number of nitrogens with one attached hydrogen (secondary N) is 1. The van der Waals surface area contributed by atoms with Crippen molar-refractivity contribution in [1.29, 1.82) is 0 Å². The van der Waals surface area contributed by atoms with Crippen molar-refractivity contribution in [1.82, 2.24) is 10.2 Å². The molecular weight excluding hydrogens is 155 g/mol. The van der Waals surface area contributed by atoms with Crippen molar-refractivity contribution in [3.05, 3.63) is 0 Å². The van der Waals surface area contributed by atoms with Crippen LogP contribution >= 0.6 is 0 Å². The van der Waals surface area contributed by atoms with Gasteiger partial charge in [0.25, 0.3) is 0 Å². The molecule has 0 spiro atoms. The highest BCUT2D eigenvalue weighted by atomic mass is 19.1. The SMILES string of the molecule is CN(C)C(C)(C)CNCCCF. The van der Waals surface area contributed by atoms with Gasteiger partial charge in [-0.15, -0.1) is 0 Å². The molecule has 0 unspecified atom stereocenters. The van der Waals surface area contributed by atoms with Gasteiger partial charge < -0.3 is 10.2 Å². The van der Waals surface area contributed by atoms with Gasteiger partial charge in [-0.25, -0.2) is 0 Å². The van der Waals surface area contributed by atoms with Crippen molar-refractivity contribution in [3.63, 3.8) is 0 Å². The number of hydrogen-bond acceptors (Lipinski definition) is 2. The molecule has 74 valence electrons. The summed E-state index contributed by atoms with van der Waals surface area (Å²) in [5.74, 6) is 0. The van der Waals surface area contributed by atoms with E-state index in [1.165, 1.54) is 0 Å². The van der Waals surface area contributed by atoms with Gasteiger partial charge in [-0.05, 0) is 40.9 Å². The molecule has 0 rings (SSSR count). The largest absolute Gasteiger partial charge is 0.315 e. The zero-order valence-corrected chi connectivity index (χ0v) is 8.65. The van der Waals surface area contributed by atoms with Crippen LogP contribution < -0.4 is 5.32 Å². The molecule has 0 heterocycles. The number of rotatable bonds is 6. The Hall–Kier alpha value is -0.150. The number of alkyl halides is 1. The van der Waals surface area contributed by atoms with Gasteiger partial charge in [-0.2, -0.15) is 0 Å². The first-order valence-electron chi connectivity index (χ1n) is 4.45. The van der Waals surface area contributed by atoms with Crippen molar-refractivity contribution in [3.8, 4) is 0 Å². The molecule has 3 heteroatoms. The molecule has 0 aromatic heterocycles. The standard InChI is InChI=1S/C9H21FN2/c1-9(2,12(3)4)8-11-7-5-6-10/h11H,5-8H2,1-4H3. The second-order valence-electron chi connectivity index (χ2n) is 3.93. The van der Waals surface area contributed by atoms with Crippen LogP contribution in [0.1, 0.15) is 20.3 Å². The molecule has 0 fully saturated rings. The average Bonchev–Trinajstić information content (AvgIpc) is 1.98. The summed E-state index contributed by atoms with van der Waals surface area (Å²) in [7, 11) is 4.10. The van der Waals surface area contributed by atoms with E-state index in [4.69, 9.17) is 0 Å². The van der Waals surface area contributed by atoms with Gasteiger partial charge in [-0.1, -0.05) is 0 Å². The molecule has 0 aromatic rings. The Labute approximate surface area is 75.1 Å². The summed E-state index contributed by atoms with van der Waals surface area (Å²) in [5, 5.41) is 3.23. The maximum absolute atomic E-state index is 11.7. The third kappa shape index (κ3) is 4.67. The van der Waals surface area contributed by atoms with Crippen molar-refractivity contribution in [2.45, 2.75) is 25.8 Å². The summed E-state index contributed by atoms with van der Waals surface area (Å²) in [4.78, 5) is 2.16. The third-order valence-corrected chi connectivity index (χ3v) is 2.26. The van der Waals surface area contributed by atoms with Crippen molar-refractivity contribution in [2.75, 3.05) is 33.9 Å². The Morgan fingerprint density at radius 1 is 1.33 bits per heavy atom. The van der Waals surface area contributed by atoms with Gasteiger partial charge in [0.15, 0.2) is 0 Å². The molecule has 1 N–H and O–H groups in total. The van der Waals surface area contributed by atoms with Gasteiger partial charge in [0.2, 0.25) is 0 Å². The fraction of sp³-hybridized carbons (Fsp3) is 1.00. The second-order valence-corrected chi connectivity index (χ2v) is 3.93. The lowest BCUT2D eigenvalue weighted by atomic mass is 10.0. The highest BCUT2D eigenvalue weighted by Gasteiger charge is 2.18. The van der Waals surface area contributed by atoms with E-state index in [2.05, 4.69) is 38.2 Å². The van der Waals surface area contributed by atoms with Crippen LogP contribution in [0.5, 0.6) is 0 Å². The van der Waals surface area contributed by atoms with Crippen LogP contribution in [0, 0.1) is 0 Å². The van der Waals surface area contributed by atoms with E-state index in [-0.39, 0.29) is 12.2 Å². The average molecular weight is 176 g/mol. The quantitative estimate of drug-likeness (QED) is 0.613. The summed E-state index contributed by atoms with van der Waals surface area (Å²) in [6.07, 6.45) is 0.615. The first kappa shape index (κ1) is 11.8. The van der Waals surface area contributed by atoms with Crippen molar-refractivity contribution >= 4 is 0 Å². The minimum Gasteiger partial charge on any atom is -0.315 e. The zero-order chi connectivity index (χ0) is 9.61. The number of halogens is 1. The molecule has 0 aliphatic rings. The van der Waals surface area contributed by atoms with Crippen LogP contribution in [0.4, 0.5) is 4.39 Å². The second kappa shape index (κ2) is 5.49. The predicted molar refractivity (Wildman–Crippen MR) is 51.2 cm³/mol. The summed E-state index contributed by atoms with van der Waals surface area (Å²) in [5.41, 5.74) is 0.149. The first-order chi connectivity index (χ1) is 5.50. The van der Waals surface area contributed by atoms with Crippen LogP contribution in [-0.4, -0.2) is 44.3 Å². The third-order valence-electron chi connectivity index (χ3n) is 2.26. The molecule has 0 bridgehead atoms. The van der Waals surface area contributed by atoms with Crippen LogP contribution in [0.2, 0.25) is 0 Å². The van der Waals surface area contributed by atoms with Gasteiger partial charge in [0.1, 0.15) is 0 Å². The molecular formula is C9H21FN2. The predicted octanol–water partition coefficient (Wildman–Crippen LogP) is 1.28. The van der Waals surface area contributed by atoms with Crippen LogP contribution in [0.3, 0.4) is 0 Å². The molecule has 0 saturated heterocycles. The van der Waals surface area contributed by atoms with E-state index in [9.17, 15) is 4.39 Å². The normalized spacial score (nSPS) is 12.5. The van der Waals surface area contributed by atoms with E-state index in [0.717, 1.165) is 13.1 Å². The Morgan fingerprint density at radius 3 is 2.33 bits per heavy atom. The molecule has 0 aliphatic carbocycles. The first-order valence-corrected chi connectivity index (χ1v) is 4.45. The van der Waals surface area contributed by atoms with Gasteiger partial charge in [-0.3, -0.25) is 4.39 Å². The Morgan fingerprint density at radius 2 is 1.92 bits per heavy atom. The zero-order valence-electron chi connectivity index (χ0n) is 8.65. The molecule has 0 amide bonds. The maximum atomic E-state index is 11.7. The minimum absolute atomic E-state index is 0.149. The lowest BCUT2D eigenvalue weighted by molar-refractivity contribution is 0.190. The summed E-state index contributed by atoms with van der Waals surface area (Å²) in [6, 6.07) is 0.